The molecule has 7 heteroatoms. The average Bonchev–Trinajstić information content (AvgIpc) is 3.03. The van der Waals surface area contributed by atoms with Crippen LogP contribution in [0.15, 0.2) is 36.4 Å². The maximum atomic E-state index is 13.5. The Labute approximate surface area is 194 Å². The number of imide groups is 1. The number of carbonyl (C=O) groups is 3. The Morgan fingerprint density at radius 1 is 1.21 bits per heavy atom. The number of hydrogen-bond donors (Lipinski definition) is 1. The Hall–Kier alpha value is -3.22. The first kappa shape index (κ1) is 23.0. The van der Waals surface area contributed by atoms with Crippen LogP contribution in [0, 0.1) is 19.8 Å². The molecule has 2 aliphatic heterocycles. The fourth-order valence-corrected chi connectivity index (χ4v) is 5.26. The Balaban J connectivity index is 1.54. The number of piperidine rings is 1. The van der Waals surface area contributed by atoms with Gasteiger partial charge in [-0.15, -0.1) is 0 Å². The van der Waals surface area contributed by atoms with Crippen LogP contribution in [-0.4, -0.2) is 57.8 Å². The van der Waals surface area contributed by atoms with Gasteiger partial charge in [0.15, 0.2) is 0 Å². The van der Waals surface area contributed by atoms with Gasteiger partial charge in [-0.2, -0.15) is 0 Å². The number of fused-ring (bicyclic) bond motifs is 1. The zero-order valence-electron chi connectivity index (χ0n) is 19.9. The molecule has 2 aromatic rings. The topological polar surface area (TPSA) is 82.6 Å². The summed E-state index contributed by atoms with van der Waals surface area (Å²) in [5.74, 6) is -0.198. The average molecular weight is 449 g/mol. The van der Waals surface area contributed by atoms with E-state index in [9.17, 15) is 14.4 Å². The molecule has 2 saturated heterocycles. The first-order chi connectivity index (χ1) is 15.7. The van der Waals surface area contributed by atoms with Crippen LogP contribution in [0.3, 0.4) is 0 Å². The predicted molar refractivity (Wildman–Crippen MR) is 128 cm³/mol. The second-order valence-corrected chi connectivity index (χ2v) is 9.50. The number of likely N-dealkylation sites (tertiary alicyclic amines) is 1. The highest BCUT2D eigenvalue weighted by Gasteiger charge is 2.54. The number of aryl methyl sites for hydroxylation is 2. The van der Waals surface area contributed by atoms with E-state index < -0.39 is 5.54 Å². The number of nitrogens with zero attached hydrogens (tertiary/aromatic N) is 3. The summed E-state index contributed by atoms with van der Waals surface area (Å²) in [6.07, 6.45) is 1.84. The summed E-state index contributed by atoms with van der Waals surface area (Å²) in [7, 11) is 0. The lowest BCUT2D eigenvalue weighted by atomic mass is 9.75. The fourth-order valence-electron chi connectivity index (χ4n) is 5.26. The van der Waals surface area contributed by atoms with Crippen LogP contribution in [-0.2, 0) is 4.79 Å². The molecule has 2 aliphatic rings. The zero-order chi connectivity index (χ0) is 23.9. The number of pyridine rings is 1. The van der Waals surface area contributed by atoms with E-state index in [-0.39, 0.29) is 30.3 Å². The SMILES string of the molecule is C=C(C)CN1C(=O)N[C@](CC)(C2CCN(C(=O)c3cc(C)nc4ccc(C)cc34)CC2)C1=O. The summed E-state index contributed by atoms with van der Waals surface area (Å²) < 4.78 is 0. The standard InChI is InChI=1S/C26H32N4O3/c1-6-26(24(32)30(15-16(2)3)25(33)28-26)19-9-11-29(12-10-19)23(31)21-14-18(5)27-22-8-7-17(4)13-20(21)22/h7-8,13-14,19H,2,6,9-12,15H2,1,3-5H3,(H,28,33)/t26-/m1/s1. The molecular weight excluding hydrogens is 416 g/mol. The molecule has 4 amide bonds. The van der Waals surface area contributed by atoms with E-state index in [0.717, 1.165) is 27.7 Å². The Morgan fingerprint density at radius 2 is 1.91 bits per heavy atom. The Bertz CT molecular complexity index is 1150. The van der Waals surface area contributed by atoms with E-state index in [1.165, 1.54) is 4.90 Å². The van der Waals surface area contributed by atoms with Gasteiger partial charge in [-0.1, -0.05) is 30.7 Å². The molecule has 3 heterocycles. The molecule has 0 unspecified atom stereocenters. The van der Waals surface area contributed by atoms with Crippen LogP contribution < -0.4 is 5.32 Å². The molecule has 0 spiro atoms. The zero-order valence-corrected chi connectivity index (χ0v) is 19.9. The molecule has 0 bridgehead atoms. The van der Waals surface area contributed by atoms with E-state index in [4.69, 9.17) is 0 Å². The van der Waals surface area contributed by atoms with Gasteiger partial charge in [0.1, 0.15) is 5.54 Å². The first-order valence-corrected chi connectivity index (χ1v) is 11.6. The van der Waals surface area contributed by atoms with Gasteiger partial charge in [-0.25, -0.2) is 4.79 Å². The molecule has 1 aromatic carbocycles. The highest BCUT2D eigenvalue weighted by Crippen LogP contribution is 2.37. The second-order valence-electron chi connectivity index (χ2n) is 9.50. The van der Waals surface area contributed by atoms with E-state index in [2.05, 4.69) is 16.9 Å². The summed E-state index contributed by atoms with van der Waals surface area (Å²) in [4.78, 5) is 47.0. The fraction of sp³-hybridized carbons (Fsp3) is 0.462. The molecule has 0 saturated carbocycles. The number of aromatic nitrogens is 1. The first-order valence-electron chi connectivity index (χ1n) is 11.6. The van der Waals surface area contributed by atoms with Crippen LogP contribution >= 0.6 is 0 Å². The molecule has 2 fully saturated rings. The van der Waals surface area contributed by atoms with Crippen LogP contribution in [0.5, 0.6) is 0 Å². The largest absolute Gasteiger partial charge is 0.339 e. The van der Waals surface area contributed by atoms with Crippen molar-refractivity contribution in [2.45, 2.75) is 52.5 Å². The molecular formula is C26H32N4O3. The third kappa shape index (κ3) is 4.01. The van der Waals surface area contributed by atoms with Crippen molar-refractivity contribution in [2.75, 3.05) is 19.6 Å². The van der Waals surface area contributed by atoms with Crippen molar-refractivity contribution >= 4 is 28.7 Å². The van der Waals surface area contributed by atoms with Gasteiger partial charge in [-0.3, -0.25) is 19.5 Å². The summed E-state index contributed by atoms with van der Waals surface area (Å²) in [5.41, 5.74) is 3.25. The molecule has 1 N–H and O–H groups in total. The van der Waals surface area contributed by atoms with Gasteiger partial charge in [0.2, 0.25) is 0 Å². The van der Waals surface area contributed by atoms with Crippen molar-refractivity contribution in [3.63, 3.8) is 0 Å². The minimum Gasteiger partial charge on any atom is -0.339 e. The van der Waals surface area contributed by atoms with Crippen LogP contribution in [0.25, 0.3) is 10.9 Å². The van der Waals surface area contributed by atoms with Gasteiger partial charge in [0.25, 0.3) is 11.8 Å². The molecule has 1 atom stereocenters. The molecule has 0 radical (unpaired) electrons. The van der Waals surface area contributed by atoms with Crippen molar-refractivity contribution < 1.29 is 14.4 Å². The lowest BCUT2D eigenvalue weighted by molar-refractivity contribution is -0.133. The van der Waals surface area contributed by atoms with Gasteiger partial charge >= 0.3 is 6.03 Å². The highest BCUT2D eigenvalue weighted by molar-refractivity contribution is 6.08. The van der Waals surface area contributed by atoms with Gasteiger partial charge in [0.05, 0.1) is 17.6 Å². The van der Waals surface area contributed by atoms with E-state index >= 15 is 0 Å². The minimum absolute atomic E-state index is 0.00853. The van der Waals surface area contributed by atoms with Crippen molar-refractivity contribution in [3.8, 4) is 0 Å². The van der Waals surface area contributed by atoms with Crippen LogP contribution in [0.2, 0.25) is 0 Å². The molecule has 7 nitrogen and oxygen atoms in total. The lowest BCUT2D eigenvalue weighted by Crippen LogP contribution is -2.56. The molecule has 0 aliphatic carbocycles. The summed E-state index contributed by atoms with van der Waals surface area (Å²) in [6.45, 7) is 12.8. The van der Waals surface area contributed by atoms with E-state index in [0.29, 0.717) is 37.9 Å². The second kappa shape index (κ2) is 8.61. The Morgan fingerprint density at radius 3 is 2.55 bits per heavy atom. The quantitative estimate of drug-likeness (QED) is 0.554. The number of carbonyl (C=O) groups excluding carboxylic acids is 3. The van der Waals surface area contributed by atoms with Crippen molar-refractivity contribution in [1.82, 2.24) is 20.1 Å². The minimum atomic E-state index is -0.904. The van der Waals surface area contributed by atoms with Gasteiger partial charge in [-0.05, 0) is 64.2 Å². The number of urea groups is 1. The molecule has 33 heavy (non-hydrogen) atoms. The maximum Gasteiger partial charge on any atom is 0.325 e. The van der Waals surface area contributed by atoms with Crippen molar-refractivity contribution in [3.05, 3.63) is 53.2 Å². The number of amides is 4. The van der Waals surface area contributed by atoms with E-state index in [1.54, 1.807) is 0 Å². The third-order valence-corrected chi connectivity index (χ3v) is 6.99. The summed E-state index contributed by atoms with van der Waals surface area (Å²) >= 11 is 0. The monoisotopic (exact) mass is 448 g/mol. The third-order valence-electron chi connectivity index (χ3n) is 6.99. The Kier molecular flexibility index (Phi) is 5.99. The lowest BCUT2D eigenvalue weighted by Gasteiger charge is -2.40. The van der Waals surface area contributed by atoms with E-state index in [1.807, 2.05) is 56.9 Å². The van der Waals surface area contributed by atoms with Crippen molar-refractivity contribution in [2.24, 2.45) is 5.92 Å². The summed E-state index contributed by atoms with van der Waals surface area (Å²) in [6, 6.07) is 7.48. The molecule has 174 valence electrons. The smallest absolute Gasteiger partial charge is 0.325 e. The van der Waals surface area contributed by atoms with Crippen molar-refractivity contribution in [1.29, 1.82) is 0 Å². The predicted octanol–water partition coefficient (Wildman–Crippen LogP) is 3.98. The van der Waals surface area contributed by atoms with Crippen LogP contribution in [0.1, 0.15) is 54.7 Å². The molecule has 1 aromatic heterocycles. The number of hydrogen-bond acceptors (Lipinski definition) is 4. The van der Waals surface area contributed by atoms with Gasteiger partial charge < -0.3 is 10.2 Å². The normalized spacial score (nSPS) is 21.6. The number of nitrogens with one attached hydrogen (secondary N) is 1. The van der Waals surface area contributed by atoms with Gasteiger partial charge in [0, 0.05) is 24.2 Å². The molecule has 4 rings (SSSR count). The van der Waals surface area contributed by atoms with Crippen LogP contribution in [0.4, 0.5) is 4.79 Å². The number of benzene rings is 1. The maximum absolute atomic E-state index is 13.5. The highest BCUT2D eigenvalue weighted by atomic mass is 16.2. The summed E-state index contributed by atoms with van der Waals surface area (Å²) in [5, 5.41) is 3.86. The number of rotatable bonds is 5.